The summed E-state index contributed by atoms with van der Waals surface area (Å²) in [7, 11) is 0. The number of carbonyl (C=O) groups is 1. The van der Waals surface area contributed by atoms with Gasteiger partial charge in [0.05, 0.1) is 5.69 Å². The molecule has 3 aromatic rings. The Morgan fingerprint density at radius 2 is 1.63 bits per heavy atom. The number of amides is 1. The molecular formula is C22H21ClN4O3. The molecule has 2 heterocycles. The minimum atomic E-state index is -0.182. The van der Waals surface area contributed by atoms with Crippen molar-refractivity contribution in [2.24, 2.45) is 0 Å². The highest BCUT2D eigenvalue weighted by atomic mass is 35.5. The molecule has 0 bridgehead atoms. The van der Waals surface area contributed by atoms with Gasteiger partial charge in [-0.3, -0.25) is 9.59 Å². The fraction of sp³-hybridized carbons (Fsp3) is 0.227. The van der Waals surface area contributed by atoms with Crippen molar-refractivity contribution in [2.45, 2.75) is 0 Å². The van der Waals surface area contributed by atoms with Crippen LogP contribution in [0.15, 0.2) is 71.5 Å². The zero-order valence-electron chi connectivity index (χ0n) is 16.3. The lowest BCUT2D eigenvalue weighted by Crippen LogP contribution is -2.50. The summed E-state index contributed by atoms with van der Waals surface area (Å²) >= 11 is 5.85. The Morgan fingerprint density at radius 1 is 0.933 bits per heavy atom. The van der Waals surface area contributed by atoms with Crippen LogP contribution in [0.5, 0.6) is 5.75 Å². The van der Waals surface area contributed by atoms with E-state index >= 15 is 0 Å². The number of anilines is 1. The second kappa shape index (κ2) is 9.00. The lowest BCUT2D eigenvalue weighted by Gasteiger charge is -2.35. The van der Waals surface area contributed by atoms with Crippen molar-refractivity contribution in [3.05, 3.63) is 82.1 Å². The molecule has 1 aliphatic rings. The van der Waals surface area contributed by atoms with E-state index in [-0.39, 0.29) is 18.1 Å². The largest absolute Gasteiger partial charge is 0.484 e. The van der Waals surface area contributed by atoms with Crippen molar-refractivity contribution < 1.29 is 9.53 Å². The molecule has 0 N–H and O–H groups in total. The number of piperazine rings is 1. The highest BCUT2D eigenvalue weighted by Gasteiger charge is 2.22. The van der Waals surface area contributed by atoms with Crippen LogP contribution in [0.2, 0.25) is 5.02 Å². The van der Waals surface area contributed by atoms with E-state index in [2.05, 4.69) is 10.00 Å². The number of aromatic nitrogens is 2. The van der Waals surface area contributed by atoms with E-state index in [0.29, 0.717) is 42.8 Å². The van der Waals surface area contributed by atoms with Crippen LogP contribution in [0.1, 0.15) is 0 Å². The smallest absolute Gasteiger partial charge is 0.271 e. The van der Waals surface area contributed by atoms with Gasteiger partial charge >= 0.3 is 0 Å². The second-order valence-corrected chi connectivity index (χ2v) is 7.32. The number of para-hydroxylation sites is 1. The zero-order chi connectivity index (χ0) is 20.9. The monoisotopic (exact) mass is 424 g/mol. The van der Waals surface area contributed by atoms with Crippen molar-refractivity contribution in [3.63, 3.8) is 0 Å². The molecule has 0 spiro atoms. The molecule has 7 nitrogen and oxygen atoms in total. The van der Waals surface area contributed by atoms with Gasteiger partial charge in [0, 0.05) is 37.3 Å². The number of benzene rings is 2. The number of nitrogens with zero attached hydrogens (tertiary/aromatic N) is 4. The maximum Gasteiger partial charge on any atom is 0.271 e. The van der Waals surface area contributed by atoms with Crippen LogP contribution in [-0.2, 0) is 4.79 Å². The molecule has 0 aliphatic carbocycles. The fourth-order valence-electron chi connectivity index (χ4n) is 3.28. The molecule has 1 saturated heterocycles. The summed E-state index contributed by atoms with van der Waals surface area (Å²) in [4.78, 5) is 28.5. The molecule has 1 fully saturated rings. The van der Waals surface area contributed by atoms with E-state index in [1.165, 1.54) is 10.7 Å². The van der Waals surface area contributed by atoms with E-state index in [9.17, 15) is 9.59 Å². The number of hydrogen-bond acceptors (Lipinski definition) is 5. The molecular weight excluding hydrogens is 404 g/mol. The van der Waals surface area contributed by atoms with Crippen molar-refractivity contribution in [3.8, 4) is 11.4 Å². The molecule has 2 aromatic carbocycles. The molecule has 8 heteroatoms. The average molecular weight is 425 g/mol. The first-order valence-electron chi connectivity index (χ1n) is 9.67. The number of rotatable bonds is 5. The standard InChI is InChI=1S/C22H21ClN4O3/c23-17-6-8-19(9-7-17)30-16-22(29)26-14-12-25(13-15-26)20-10-11-21(28)27(24-20)18-4-2-1-3-5-18/h1-11H,12-16H2. The number of carbonyl (C=O) groups excluding carboxylic acids is 1. The summed E-state index contributed by atoms with van der Waals surface area (Å²) in [5.41, 5.74) is 0.538. The van der Waals surface area contributed by atoms with Crippen LogP contribution in [0.25, 0.3) is 5.69 Å². The van der Waals surface area contributed by atoms with E-state index in [4.69, 9.17) is 16.3 Å². The molecule has 0 atom stereocenters. The average Bonchev–Trinajstić information content (AvgIpc) is 2.79. The fourth-order valence-corrected chi connectivity index (χ4v) is 3.40. The van der Waals surface area contributed by atoms with Gasteiger partial charge in [-0.15, -0.1) is 5.10 Å². The van der Waals surface area contributed by atoms with Gasteiger partial charge < -0.3 is 14.5 Å². The third-order valence-electron chi connectivity index (χ3n) is 4.92. The van der Waals surface area contributed by atoms with Crippen molar-refractivity contribution in [2.75, 3.05) is 37.7 Å². The summed E-state index contributed by atoms with van der Waals surface area (Å²) in [6.45, 7) is 2.38. The lowest BCUT2D eigenvalue weighted by molar-refractivity contribution is -0.133. The maximum atomic E-state index is 12.5. The van der Waals surface area contributed by atoms with Crippen molar-refractivity contribution in [1.29, 1.82) is 0 Å². The molecule has 30 heavy (non-hydrogen) atoms. The Labute approximate surface area is 179 Å². The molecule has 0 unspecified atom stereocenters. The van der Waals surface area contributed by atoms with Crippen LogP contribution in [0.4, 0.5) is 5.82 Å². The zero-order valence-corrected chi connectivity index (χ0v) is 17.0. The molecule has 1 aromatic heterocycles. The van der Waals surface area contributed by atoms with E-state index in [0.717, 1.165) is 5.69 Å². The van der Waals surface area contributed by atoms with Crippen LogP contribution in [0, 0.1) is 0 Å². The third-order valence-corrected chi connectivity index (χ3v) is 5.17. The molecule has 1 amide bonds. The lowest BCUT2D eigenvalue weighted by atomic mass is 10.3. The minimum absolute atomic E-state index is 0.0151. The Bertz CT molecular complexity index is 1060. The van der Waals surface area contributed by atoms with E-state index in [1.807, 2.05) is 30.3 Å². The van der Waals surface area contributed by atoms with Crippen molar-refractivity contribution >= 4 is 23.3 Å². The number of ether oxygens (including phenoxy) is 1. The topological polar surface area (TPSA) is 67.7 Å². The third kappa shape index (κ3) is 4.63. The van der Waals surface area contributed by atoms with Gasteiger partial charge in [-0.05, 0) is 42.5 Å². The maximum absolute atomic E-state index is 12.5. The number of hydrogen-bond donors (Lipinski definition) is 0. The predicted octanol–water partition coefficient (Wildman–Crippen LogP) is 2.61. The van der Waals surface area contributed by atoms with Gasteiger partial charge in [0.25, 0.3) is 11.5 Å². The first-order valence-corrected chi connectivity index (χ1v) is 10.0. The molecule has 154 valence electrons. The van der Waals surface area contributed by atoms with Crippen LogP contribution in [-0.4, -0.2) is 53.4 Å². The number of halogens is 1. The quantitative estimate of drug-likeness (QED) is 0.629. The Morgan fingerprint density at radius 3 is 2.33 bits per heavy atom. The SMILES string of the molecule is O=C(COc1ccc(Cl)cc1)N1CCN(c2ccc(=O)n(-c3ccccc3)n2)CC1. The first kappa shape index (κ1) is 20.0. The van der Waals surface area contributed by atoms with Gasteiger partial charge in [0.15, 0.2) is 6.61 Å². The summed E-state index contributed by atoms with van der Waals surface area (Å²) in [6, 6.07) is 19.5. The Balaban J connectivity index is 1.36. The minimum Gasteiger partial charge on any atom is -0.484 e. The predicted molar refractivity (Wildman–Crippen MR) is 116 cm³/mol. The highest BCUT2D eigenvalue weighted by molar-refractivity contribution is 6.30. The highest BCUT2D eigenvalue weighted by Crippen LogP contribution is 2.16. The van der Waals surface area contributed by atoms with Crippen LogP contribution < -0.4 is 15.2 Å². The molecule has 0 saturated carbocycles. The van der Waals surface area contributed by atoms with Gasteiger partial charge in [-0.1, -0.05) is 29.8 Å². The summed E-state index contributed by atoms with van der Waals surface area (Å²) in [5, 5.41) is 5.13. The van der Waals surface area contributed by atoms with Gasteiger partial charge in [-0.2, -0.15) is 4.68 Å². The molecule has 0 radical (unpaired) electrons. The second-order valence-electron chi connectivity index (χ2n) is 6.89. The van der Waals surface area contributed by atoms with Crippen LogP contribution >= 0.6 is 11.6 Å². The Hall–Kier alpha value is -3.32. The van der Waals surface area contributed by atoms with Crippen molar-refractivity contribution in [1.82, 2.24) is 14.7 Å². The van der Waals surface area contributed by atoms with Gasteiger partial charge in [0.2, 0.25) is 0 Å². The van der Waals surface area contributed by atoms with Crippen LogP contribution in [0.3, 0.4) is 0 Å². The Kier molecular flexibility index (Phi) is 5.99. The molecule has 1 aliphatic heterocycles. The first-order chi connectivity index (χ1) is 14.6. The molecule has 4 rings (SSSR count). The summed E-state index contributed by atoms with van der Waals surface area (Å²) in [5.74, 6) is 1.26. The summed E-state index contributed by atoms with van der Waals surface area (Å²) < 4.78 is 6.95. The van der Waals surface area contributed by atoms with E-state index < -0.39 is 0 Å². The van der Waals surface area contributed by atoms with E-state index in [1.54, 1.807) is 35.2 Å². The van der Waals surface area contributed by atoms with Gasteiger partial charge in [-0.25, -0.2) is 0 Å². The van der Waals surface area contributed by atoms with Gasteiger partial charge in [0.1, 0.15) is 11.6 Å². The summed E-state index contributed by atoms with van der Waals surface area (Å²) in [6.07, 6.45) is 0. The normalized spacial score (nSPS) is 13.9.